The van der Waals surface area contributed by atoms with E-state index in [0.717, 1.165) is 30.3 Å². The molecule has 4 rings (SSSR count). The van der Waals surface area contributed by atoms with Gasteiger partial charge in [0.1, 0.15) is 17.1 Å². The van der Waals surface area contributed by atoms with Crippen LogP contribution in [0.2, 0.25) is 0 Å². The van der Waals surface area contributed by atoms with Gasteiger partial charge in [-0.05, 0) is 67.4 Å². The lowest BCUT2D eigenvalue weighted by atomic mass is 10.1. The standard InChI is InChI=1S/C27H19F6NO5/c1-14-8-15(2)10-19(9-14)38-24-23(36)20-7-6-18(12-21(20)39-25(24)27(31,32)33)37-13-22(35)34-17-5-3-4-16(11-17)26(28,29)30/h3-12H,13H2,1-2H3,(H,34,35). The van der Waals surface area contributed by atoms with Gasteiger partial charge in [-0.15, -0.1) is 0 Å². The van der Waals surface area contributed by atoms with E-state index in [1.807, 2.05) is 0 Å². The normalized spacial score (nSPS) is 11.9. The van der Waals surface area contributed by atoms with E-state index >= 15 is 0 Å². The van der Waals surface area contributed by atoms with Crippen molar-refractivity contribution in [3.63, 3.8) is 0 Å². The number of nitrogens with one attached hydrogen (secondary N) is 1. The van der Waals surface area contributed by atoms with Gasteiger partial charge in [0.2, 0.25) is 11.2 Å². The fraction of sp³-hybridized carbons (Fsp3) is 0.185. The van der Waals surface area contributed by atoms with Crippen molar-refractivity contribution in [2.75, 3.05) is 11.9 Å². The third kappa shape index (κ3) is 6.51. The van der Waals surface area contributed by atoms with E-state index in [-0.39, 0.29) is 22.6 Å². The molecule has 1 N–H and O–H groups in total. The highest BCUT2D eigenvalue weighted by Gasteiger charge is 2.40. The molecular formula is C27H19F6NO5. The number of anilines is 1. The zero-order chi connectivity index (χ0) is 28.5. The number of carbonyl (C=O) groups is 1. The van der Waals surface area contributed by atoms with Gasteiger partial charge in [0, 0.05) is 11.8 Å². The molecule has 0 atom stereocenters. The fourth-order valence-electron chi connectivity index (χ4n) is 3.75. The lowest BCUT2D eigenvalue weighted by Crippen LogP contribution is -2.20. The second-order valence-corrected chi connectivity index (χ2v) is 8.59. The number of hydrogen-bond donors (Lipinski definition) is 1. The Kier molecular flexibility index (Phi) is 7.31. The summed E-state index contributed by atoms with van der Waals surface area (Å²) in [6, 6.07) is 12.0. The van der Waals surface area contributed by atoms with Gasteiger partial charge in [-0.25, -0.2) is 0 Å². The summed E-state index contributed by atoms with van der Waals surface area (Å²) >= 11 is 0. The average Bonchev–Trinajstić information content (AvgIpc) is 2.82. The summed E-state index contributed by atoms with van der Waals surface area (Å²) < 4.78 is 95.6. The second kappa shape index (κ2) is 10.4. The maximum Gasteiger partial charge on any atom is 0.453 e. The average molecular weight is 551 g/mol. The van der Waals surface area contributed by atoms with Gasteiger partial charge >= 0.3 is 12.4 Å². The van der Waals surface area contributed by atoms with Crippen molar-refractivity contribution < 1.29 is 45.0 Å². The first kappa shape index (κ1) is 27.6. The van der Waals surface area contributed by atoms with E-state index in [1.54, 1.807) is 19.9 Å². The van der Waals surface area contributed by atoms with E-state index in [9.17, 15) is 35.9 Å². The number of rotatable bonds is 6. The highest BCUT2D eigenvalue weighted by atomic mass is 19.4. The van der Waals surface area contributed by atoms with Crippen molar-refractivity contribution in [2.24, 2.45) is 0 Å². The van der Waals surface area contributed by atoms with Crippen molar-refractivity contribution in [3.8, 4) is 17.2 Å². The molecule has 0 bridgehead atoms. The van der Waals surface area contributed by atoms with E-state index in [1.165, 1.54) is 24.3 Å². The third-order valence-corrected chi connectivity index (χ3v) is 5.34. The highest BCUT2D eigenvalue weighted by Crippen LogP contribution is 2.39. The Bertz CT molecular complexity index is 1590. The van der Waals surface area contributed by atoms with Crippen LogP contribution in [0.15, 0.2) is 69.9 Å². The van der Waals surface area contributed by atoms with Crippen LogP contribution >= 0.6 is 0 Å². The summed E-state index contributed by atoms with van der Waals surface area (Å²) in [5.41, 5.74) is -1.22. The van der Waals surface area contributed by atoms with Crippen LogP contribution in [-0.2, 0) is 17.1 Å². The van der Waals surface area contributed by atoms with Crippen LogP contribution in [0.5, 0.6) is 17.2 Å². The maximum absolute atomic E-state index is 13.8. The van der Waals surface area contributed by atoms with Crippen molar-refractivity contribution in [2.45, 2.75) is 26.2 Å². The van der Waals surface area contributed by atoms with Crippen molar-refractivity contribution in [3.05, 3.63) is 93.3 Å². The Hall–Kier alpha value is -4.48. The molecular weight excluding hydrogens is 532 g/mol. The Balaban J connectivity index is 1.58. The molecule has 12 heteroatoms. The van der Waals surface area contributed by atoms with Crippen LogP contribution in [0, 0.1) is 13.8 Å². The Labute approximate surface area is 216 Å². The number of carbonyl (C=O) groups excluding carboxylic acids is 1. The molecule has 3 aromatic carbocycles. The monoisotopic (exact) mass is 551 g/mol. The smallest absolute Gasteiger partial charge is 0.453 e. The molecule has 204 valence electrons. The first-order chi connectivity index (χ1) is 18.2. The molecule has 0 unspecified atom stereocenters. The van der Waals surface area contributed by atoms with Gasteiger partial charge in [0.05, 0.1) is 10.9 Å². The first-order valence-electron chi connectivity index (χ1n) is 11.2. The highest BCUT2D eigenvalue weighted by molar-refractivity contribution is 5.92. The van der Waals surface area contributed by atoms with E-state index in [4.69, 9.17) is 13.9 Å². The molecule has 1 amide bonds. The quantitative estimate of drug-likeness (QED) is 0.255. The third-order valence-electron chi connectivity index (χ3n) is 5.34. The topological polar surface area (TPSA) is 77.8 Å². The van der Waals surface area contributed by atoms with Crippen molar-refractivity contribution in [1.82, 2.24) is 0 Å². The van der Waals surface area contributed by atoms with E-state index in [0.29, 0.717) is 11.1 Å². The molecule has 0 spiro atoms. The lowest BCUT2D eigenvalue weighted by molar-refractivity contribution is -0.154. The number of aryl methyl sites for hydroxylation is 2. The SMILES string of the molecule is Cc1cc(C)cc(Oc2c(C(F)(F)F)oc3cc(OCC(=O)Nc4cccc(C(F)(F)F)c4)ccc3c2=O)c1. The number of halogens is 6. The van der Waals surface area contributed by atoms with Crippen LogP contribution in [-0.4, -0.2) is 12.5 Å². The number of alkyl halides is 6. The zero-order valence-corrected chi connectivity index (χ0v) is 20.3. The predicted molar refractivity (Wildman–Crippen MR) is 129 cm³/mol. The number of hydrogen-bond acceptors (Lipinski definition) is 5. The van der Waals surface area contributed by atoms with Gasteiger partial charge in [-0.2, -0.15) is 26.3 Å². The number of amides is 1. The van der Waals surface area contributed by atoms with Crippen molar-refractivity contribution in [1.29, 1.82) is 0 Å². The van der Waals surface area contributed by atoms with E-state index < -0.39 is 53.0 Å². The molecule has 0 aliphatic carbocycles. The number of benzene rings is 3. The van der Waals surface area contributed by atoms with Gasteiger partial charge in [0.25, 0.3) is 11.7 Å². The predicted octanol–water partition coefficient (Wildman–Crippen LogP) is 7.26. The van der Waals surface area contributed by atoms with Gasteiger partial charge < -0.3 is 19.2 Å². The molecule has 0 aliphatic heterocycles. The molecule has 1 aromatic heterocycles. The van der Waals surface area contributed by atoms with E-state index in [2.05, 4.69) is 5.32 Å². The summed E-state index contributed by atoms with van der Waals surface area (Å²) in [6.45, 7) is 2.75. The fourth-order valence-corrected chi connectivity index (χ4v) is 3.75. The number of fused-ring (bicyclic) bond motifs is 1. The molecule has 0 saturated heterocycles. The van der Waals surface area contributed by atoms with Crippen LogP contribution in [0.25, 0.3) is 11.0 Å². The minimum atomic E-state index is -5.08. The zero-order valence-electron chi connectivity index (χ0n) is 20.3. The van der Waals surface area contributed by atoms with Crippen LogP contribution in [0.4, 0.5) is 32.0 Å². The first-order valence-corrected chi connectivity index (χ1v) is 11.2. The Morgan fingerprint density at radius 2 is 1.56 bits per heavy atom. The lowest BCUT2D eigenvalue weighted by Gasteiger charge is -2.14. The molecule has 6 nitrogen and oxygen atoms in total. The molecule has 1 heterocycles. The van der Waals surface area contributed by atoms with Gasteiger partial charge in [-0.1, -0.05) is 12.1 Å². The summed E-state index contributed by atoms with van der Waals surface area (Å²) in [5.74, 6) is -3.62. The molecule has 0 radical (unpaired) electrons. The van der Waals surface area contributed by atoms with Gasteiger partial charge in [0.15, 0.2) is 6.61 Å². The van der Waals surface area contributed by atoms with Crippen LogP contribution in [0.1, 0.15) is 22.5 Å². The van der Waals surface area contributed by atoms with Crippen molar-refractivity contribution >= 4 is 22.6 Å². The summed E-state index contributed by atoms with van der Waals surface area (Å²) in [7, 11) is 0. The summed E-state index contributed by atoms with van der Waals surface area (Å²) in [5, 5.41) is 2.00. The molecule has 4 aromatic rings. The van der Waals surface area contributed by atoms with Crippen LogP contribution in [0.3, 0.4) is 0 Å². The largest absolute Gasteiger partial charge is 0.484 e. The molecule has 0 fully saturated rings. The van der Waals surface area contributed by atoms with Crippen LogP contribution < -0.4 is 20.2 Å². The number of ether oxygens (including phenoxy) is 2. The van der Waals surface area contributed by atoms with Gasteiger partial charge in [-0.3, -0.25) is 9.59 Å². The Morgan fingerprint density at radius 3 is 2.21 bits per heavy atom. The molecule has 0 saturated carbocycles. The second-order valence-electron chi connectivity index (χ2n) is 8.59. The molecule has 39 heavy (non-hydrogen) atoms. The summed E-state index contributed by atoms with van der Waals surface area (Å²) in [6.07, 6.45) is -9.69. The molecule has 0 aliphatic rings. The minimum absolute atomic E-state index is 0.0244. The summed E-state index contributed by atoms with van der Waals surface area (Å²) in [4.78, 5) is 25.1. The maximum atomic E-state index is 13.8. The Morgan fingerprint density at radius 1 is 0.872 bits per heavy atom. The minimum Gasteiger partial charge on any atom is -0.484 e.